The van der Waals surface area contributed by atoms with Crippen molar-refractivity contribution >= 4 is 29.8 Å². The number of rotatable bonds is 5. The largest absolute Gasteiger partial charge is 0.478 e. The highest BCUT2D eigenvalue weighted by atomic mass is 31.1. The highest BCUT2D eigenvalue weighted by Crippen LogP contribution is 2.34. The molecule has 2 nitrogen and oxygen atoms in total. The van der Waals surface area contributed by atoms with Gasteiger partial charge >= 0.3 is 5.97 Å². The van der Waals surface area contributed by atoms with Gasteiger partial charge in [-0.25, -0.2) is 4.79 Å². The number of carbonyl (C=O) groups is 1. The fraction of sp³-hybridized carbons (Fsp3) is 0. The van der Waals surface area contributed by atoms with Crippen LogP contribution in [0.3, 0.4) is 0 Å². The van der Waals surface area contributed by atoms with Crippen molar-refractivity contribution in [3.63, 3.8) is 0 Å². The zero-order chi connectivity index (χ0) is 19.3. The van der Waals surface area contributed by atoms with Gasteiger partial charge in [-0.3, -0.25) is 0 Å². The standard InChI is InChI=1S/C25H19O2P/c26-25(27)24-17-8-7-16-23(24)19-10-9-15-22(18-19)28(20-11-3-1-4-12-20)21-13-5-2-6-14-21/h1-18H,(H,26,27). The van der Waals surface area contributed by atoms with Crippen molar-refractivity contribution in [2.45, 2.75) is 0 Å². The van der Waals surface area contributed by atoms with Crippen LogP contribution in [0, 0.1) is 0 Å². The van der Waals surface area contributed by atoms with E-state index in [4.69, 9.17) is 0 Å². The summed E-state index contributed by atoms with van der Waals surface area (Å²) in [6.07, 6.45) is 0. The minimum atomic E-state index is -0.908. The Morgan fingerprint density at radius 1 is 0.607 bits per heavy atom. The summed E-state index contributed by atoms with van der Waals surface area (Å²) in [5.41, 5.74) is 1.99. The van der Waals surface area contributed by atoms with Crippen LogP contribution >= 0.6 is 7.92 Å². The molecule has 0 amide bonds. The van der Waals surface area contributed by atoms with Crippen LogP contribution in [0.1, 0.15) is 10.4 Å². The second kappa shape index (κ2) is 8.21. The van der Waals surface area contributed by atoms with Gasteiger partial charge in [0.25, 0.3) is 0 Å². The van der Waals surface area contributed by atoms with E-state index >= 15 is 0 Å². The minimum absolute atomic E-state index is 0.323. The predicted octanol–water partition coefficient (Wildman–Crippen LogP) is 4.81. The predicted molar refractivity (Wildman–Crippen MR) is 118 cm³/mol. The normalized spacial score (nSPS) is 10.8. The first kappa shape index (κ1) is 18.2. The van der Waals surface area contributed by atoms with E-state index in [0.717, 1.165) is 11.1 Å². The minimum Gasteiger partial charge on any atom is -0.478 e. The van der Waals surface area contributed by atoms with Crippen LogP contribution in [0.25, 0.3) is 11.1 Å². The van der Waals surface area contributed by atoms with Gasteiger partial charge < -0.3 is 5.11 Å². The van der Waals surface area contributed by atoms with Crippen molar-refractivity contribution in [2.75, 3.05) is 0 Å². The second-order valence-electron chi connectivity index (χ2n) is 6.41. The summed E-state index contributed by atoms with van der Waals surface area (Å²) in [6.45, 7) is 0. The first-order valence-electron chi connectivity index (χ1n) is 9.07. The molecule has 0 saturated heterocycles. The third kappa shape index (κ3) is 3.74. The Balaban J connectivity index is 1.86. The highest BCUT2D eigenvalue weighted by molar-refractivity contribution is 7.79. The summed E-state index contributed by atoms with van der Waals surface area (Å²) in [4.78, 5) is 11.7. The number of hydrogen-bond acceptors (Lipinski definition) is 1. The fourth-order valence-corrected chi connectivity index (χ4v) is 5.67. The van der Waals surface area contributed by atoms with Gasteiger partial charge in [0.15, 0.2) is 0 Å². The van der Waals surface area contributed by atoms with E-state index < -0.39 is 13.9 Å². The molecule has 0 fully saturated rings. The molecule has 0 aliphatic rings. The lowest BCUT2D eigenvalue weighted by Gasteiger charge is -2.20. The number of carboxylic acid groups (broad SMARTS) is 1. The van der Waals surface area contributed by atoms with Crippen LogP contribution in [-0.2, 0) is 0 Å². The molecule has 0 aliphatic carbocycles. The summed E-state index contributed by atoms with van der Waals surface area (Å²) in [5.74, 6) is -0.908. The smallest absolute Gasteiger partial charge is 0.336 e. The molecule has 4 aromatic rings. The Morgan fingerprint density at radius 2 is 1.14 bits per heavy atom. The third-order valence-electron chi connectivity index (χ3n) is 4.60. The van der Waals surface area contributed by atoms with E-state index in [-0.39, 0.29) is 0 Å². The van der Waals surface area contributed by atoms with Crippen LogP contribution in [0.2, 0.25) is 0 Å². The SMILES string of the molecule is O=C(O)c1ccccc1-c1cccc(P(c2ccccc2)c2ccccc2)c1. The van der Waals surface area contributed by atoms with Gasteiger partial charge in [0, 0.05) is 0 Å². The average Bonchev–Trinajstić information content (AvgIpc) is 2.76. The molecule has 0 aromatic heterocycles. The van der Waals surface area contributed by atoms with Crippen molar-refractivity contribution in [3.05, 3.63) is 115 Å². The van der Waals surface area contributed by atoms with Gasteiger partial charge in [0.05, 0.1) is 5.56 Å². The molecule has 0 heterocycles. The fourth-order valence-electron chi connectivity index (χ4n) is 3.34. The Kier molecular flexibility index (Phi) is 5.32. The molecule has 0 saturated carbocycles. The maximum absolute atomic E-state index is 11.7. The Labute approximate surface area is 165 Å². The van der Waals surface area contributed by atoms with Crippen LogP contribution < -0.4 is 15.9 Å². The second-order valence-corrected chi connectivity index (χ2v) is 8.63. The van der Waals surface area contributed by atoms with Crippen molar-refractivity contribution in [1.29, 1.82) is 0 Å². The lowest BCUT2D eigenvalue weighted by atomic mass is 10.00. The zero-order valence-electron chi connectivity index (χ0n) is 15.2. The van der Waals surface area contributed by atoms with E-state index in [1.165, 1.54) is 15.9 Å². The maximum Gasteiger partial charge on any atom is 0.336 e. The first-order chi connectivity index (χ1) is 13.7. The lowest BCUT2D eigenvalue weighted by Crippen LogP contribution is -2.20. The quantitative estimate of drug-likeness (QED) is 0.503. The number of aromatic carboxylic acids is 1. The van der Waals surface area contributed by atoms with E-state index in [2.05, 4.69) is 60.7 Å². The Hall–Kier alpha value is -3.22. The molecule has 0 radical (unpaired) electrons. The van der Waals surface area contributed by atoms with Crippen LogP contribution in [0.15, 0.2) is 109 Å². The zero-order valence-corrected chi connectivity index (χ0v) is 16.1. The lowest BCUT2D eigenvalue weighted by molar-refractivity contribution is 0.0697. The monoisotopic (exact) mass is 382 g/mol. The van der Waals surface area contributed by atoms with Gasteiger partial charge in [-0.1, -0.05) is 97.1 Å². The molecule has 3 heteroatoms. The van der Waals surface area contributed by atoms with Gasteiger partial charge in [0.2, 0.25) is 0 Å². The van der Waals surface area contributed by atoms with Crippen molar-refractivity contribution in [3.8, 4) is 11.1 Å². The van der Waals surface area contributed by atoms with E-state index in [1.54, 1.807) is 12.1 Å². The van der Waals surface area contributed by atoms with Gasteiger partial charge in [-0.15, -0.1) is 0 Å². The van der Waals surface area contributed by atoms with Crippen LogP contribution in [0.5, 0.6) is 0 Å². The molecule has 28 heavy (non-hydrogen) atoms. The topological polar surface area (TPSA) is 37.3 Å². The molecular formula is C25H19O2P. The molecule has 4 aromatic carbocycles. The Bertz CT molecular complexity index is 1050. The maximum atomic E-state index is 11.7. The third-order valence-corrected chi connectivity index (χ3v) is 7.03. The summed E-state index contributed by atoms with van der Waals surface area (Å²) in [7, 11) is -0.725. The number of benzene rings is 4. The summed E-state index contributed by atoms with van der Waals surface area (Å²) in [6, 6.07) is 36.4. The highest BCUT2D eigenvalue weighted by Gasteiger charge is 2.18. The number of carboxylic acids is 1. The first-order valence-corrected chi connectivity index (χ1v) is 10.4. The molecule has 4 rings (SSSR count). The molecule has 136 valence electrons. The van der Waals surface area contributed by atoms with Crippen LogP contribution in [0.4, 0.5) is 0 Å². The molecular weight excluding hydrogens is 363 g/mol. The number of hydrogen-bond donors (Lipinski definition) is 1. The summed E-state index contributed by atoms with van der Waals surface area (Å²) >= 11 is 0. The molecule has 0 bridgehead atoms. The van der Waals surface area contributed by atoms with Crippen molar-refractivity contribution in [1.82, 2.24) is 0 Å². The van der Waals surface area contributed by atoms with Gasteiger partial charge in [0.1, 0.15) is 0 Å². The summed E-state index contributed by atoms with van der Waals surface area (Å²) in [5, 5.41) is 13.3. The Morgan fingerprint density at radius 3 is 1.75 bits per heavy atom. The van der Waals surface area contributed by atoms with Gasteiger partial charge in [-0.05, 0) is 47.1 Å². The van der Waals surface area contributed by atoms with Crippen LogP contribution in [-0.4, -0.2) is 11.1 Å². The summed E-state index contributed by atoms with van der Waals surface area (Å²) < 4.78 is 0. The van der Waals surface area contributed by atoms with E-state index in [1.807, 2.05) is 36.4 Å². The van der Waals surface area contributed by atoms with Crippen molar-refractivity contribution < 1.29 is 9.90 Å². The molecule has 0 spiro atoms. The van der Waals surface area contributed by atoms with Gasteiger partial charge in [-0.2, -0.15) is 0 Å². The molecule has 1 N–H and O–H groups in total. The van der Waals surface area contributed by atoms with E-state index in [0.29, 0.717) is 5.56 Å². The van der Waals surface area contributed by atoms with Crippen molar-refractivity contribution in [2.24, 2.45) is 0 Å². The molecule has 0 unspecified atom stereocenters. The average molecular weight is 382 g/mol. The molecule has 0 aliphatic heterocycles. The van der Waals surface area contributed by atoms with E-state index in [9.17, 15) is 9.90 Å². The molecule has 0 atom stereocenters.